The van der Waals surface area contributed by atoms with Crippen LogP contribution in [0.15, 0.2) is 11.3 Å². The summed E-state index contributed by atoms with van der Waals surface area (Å²) in [7, 11) is 0. The van der Waals surface area contributed by atoms with Crippen molar-refractivity contribution < 1.29 is 9.90 Å². The van der Waals surface area contributed by atoms with Crippen LogP contribution in [0.1, 0.15) is 74.1 Å². The van der Waals surface area contributed by atoms with Crippen LogP contribution in [0.5, 0.6) is 0 Å². The van der Waals surface area contributed by atoms with Gasteiger partial charge in [-0.15, -0.1) is 0 Å². The third-order valence-electron chi connectivity index (χ3n) is 4.73. The Balaban J connectivity index is 5.51. The van der Waals surface area contributed by atoms with Crippen molar-refractivity contribution in [3.05, 3.63) is 11.3 Å². The molecule has 1 N–H and O–H groups in total. The van der Waals surface area contributed by atoms with Gasteiger partial charge in [0.05, 0.1) is 0 Å². The molecule has 0 heterocycles. The number of aliphatic hydroxyl groups is 1. The second-order valence-corrected chi connectivity index (χ2v) is 5.88. The molecule has 0 radical (unpaired) electrons. The van der Waals surface area contributed by atoms with E-state index in [-0.39, 0.29) is 22.4 Å². The van der Waals surface area contributed by atoms with Gasteiger partial charge < -0.3 is 5.11 Å². The standard InChI is InChI=1S/C16H30O2/c1-8-15(6,7)13(17)12(5)14(18)16(9-2,10-3)11-4/h17H,8-11H2,1-7H3. The van der Waals surface area contributed by atoms with Crippen molar-refractivity contribution in [3.63, 3.8) is 0 Å². The van der Waals surface area contributed by atoms with Gasteiger partial charge in [-0.3, -0.25) is 4.79 Å². The van der Waals surface area contributed by atoms with Crippen molar-refractivity contribution >= 4 is 5.78 Å². The Hall–Kier alpha value is -0.790. The van der Waals surface area contributed by atoms with Crippen LogP contribution in [0.2, 0.25) is 0 Å². The van der Waals surface area contributed by atoms with Gasteiger partial charge >= 0.3 is 0 Å². The van der Waals surface area contributed by atoms with Crippen molar-refractivity contribution in [3.8, 4) is 0 Å². The topological polar surface area (TPSA) is 37.3 Å². The average Bonchev–Trinajstić information content (AvgIpc) is 2.39. The van der Waals surface area contributed by atoms with Crippen LogP contribution in [0.25, 0.3) is 0 Å². The molecule has 0 aromatic rings. The molecule has 2 nitrogen and oxygen atoms in total. The molecule has 106 valence electrons. The van der Waals surface area contributed by atoms with Gasteiger partial charge in [-0.25, -0.2) is 0 Å². The summed E-state index contributed by atoms with van der Waals surface area (Å²) in [5.41, 5.74) is -0.0739. The summed E-state index contributed by atoms with van der Waals surface area (Å²) < 4.78 is 0. The maximum Gasteiger partial charge on any atom is 0.168 e. The van der Waals surface area contributed by atoms with Gasteiger partial charge in [0.25, 0.3) is 0 Å². The second-order valence-electron chi connectivity index (χ2n) is 5.88. The van der Waals surface area contributed by atoms with E-state index in [0.717, 1.165) is 25.7 Å². The van der Waals surface area contributed by atoms with E-state index in [4.69, 9.17) is 0 Å². The highest BCUT2D eigenvalue weighted by Crippen LogP contribution is 2.37. The van der Waals surface area contributed by atoms with E-state index in [1.54, 1.807) is 6.92 Å². The van der Waals surface area contributed by atoms with Crippen LogP contribution >= 0.6 is 0 Å². The third-order valence-corrected chi connectivity index (χ3v) is 4.73. The molecule has 0 bridgehead atoms. The smallest absolute Gasteiger partial charge is 0.168 e. The van der Waals surface area contributed by atoms with Crippen molar-refractivity contribution in [2.45, 2.75) is 74.1 Å². The first-order valence-corrected chi connectivity index (χ1v) is 7.17. The molecule has 0 fully saturated rings. The Morgan fingerprint density at radius 1 is 0.944 bits per heavy atom. The molecule has 0 rings (SSSR count). The van der Waals surface area contributed by atoms with Gasteiger partial charge in [-0.05, 0) is 32.6 Å². The minimum absolute atomic E-state index is 0.119. The van der Waals surface area contributed by atoms with E-state index in [2.05, 4.69) is 20.8 Å². The summed E-state index contributed by atoms with van der Waals surface area (Å²) in [5, 5.41) is 10.3. The highest BCUT2D eigenvalue weighted by Gasteiger charge is 2.36. The van der Waals surface area contributed by atoms with E-state index < -0.39 is 0 Å². The Kier molecular flexibility index (Phi) is 6.12. The SMILES string of the molecule is CCC(C)(C)C(O)=C(C)C(=O)C(CC)(CC)CC. The summed E-state index contributed by atoms with van der Waals surface area (Å²) in [6, 6.07) is 0. The molecule has 0 aliphatic carbocycles. The zero-order valence-corrected chi connectivity index (χ0v) is 13.2. The minimum atomic E-state index is -0.319. The third kappa shape index (κ3) is 3.15. The van der Waals surface area contributed by atoms with E-state index in [1.165, 1.54) is 0 Å². The first kappa shape index (κ1) is 17.2. The number of allylic oxidation sites excluding steroid dienone is 2. The van der Waals surface area contributed by atoms with Crippen molar-refractivity contribution in [2.75, 3.05) is 0 Å². The molecule has 0 aliphatic heterocycles. The molecule has 2 heteroatoms. The normalized spacial score (nSPS) is 14.4. The first-order valence-electron chi connectivity index (χ1n) is 7.17. The Bertz CT molecular complexity index is 312. The van der Waals surface area contributed by atoms with Crippen molar-refractivity contribution in [2.24, 2.45) is 10.8 Å². The molecule has 0 spiro atoms. The maximum absolute atomic E-state index is 12.6. The lowest BCUT2D eigenvalue weighted by Gasteiger charge is -2.31. The molecule has 0 aliphatic rings. The van der Waals surface area contributed by atoms with Gasteiger partial charge in [-0.2, -0.15) is 0 Å². The predicted molar refractivity (Wildman–Crippen MR) is 77.7 cm³/mol. The van der Waals surface area contributed by atoms with Gasteiger partial charge in [0.1, 0.15) is 5.76 Å². The molecular weight excluding hydrogens is 224 g/mol. The molecule has 0 aromatic heterocycles. The zero-order valence-electron chi connectivity index (χ0n) is 13.2. The van der Waals surface area contributed by atoms with Gasteiger partial charge in [0.15, 0.2) is 5.78 Å². The quantitative estimate of drug-likeness (QED) is 0.510. The summed E-state index contributed by atoms with van der Waals surface area (Å²) in [6.07, 6.45) is 3.31. The molecule has 0 saturated heterocycles. The number of carbonyl (C=O) groups excluding carboxylic acids is 1. The number of rotatable bonds is 7. The van der Waals surface area contributed by atoms with E-state index in [1.807, 2.05) is 20.8 Å². The van der Waals surface area contributed by atoms with E-state index in [9.17, 15) is 9.90 Å². The summed E-state index contributed by atoms with van der Waals surface area (Å²) >= 11 is 0. The number of ketones is 1. The zero-order chi connectivity index (χ0) is 14.6. The molecular formula is C16H30O2. The van der Waals surface area contributed by atoms with Gasteiger partial charge in [0.2, 0.25) is 0 Å². The van der Waals surface area contributed by atoms with Gasteiger partial charge in [-0.1, -0.05) is 41.5 Å². The monoisotopic (exact) mass is 254 g/mol. The molecule has 0 atom stereocenters. The number of hydrogen-bond acceptors (Lipinski definition) is 2. The van der Waals surface area contributed by atoms with Crippen LogP contribution in [0.3, 0.4) is 0 Å². The highest BCUT2D eigenvalue weighted by atomic mass is 16.3. The van der Waals surface area contributed by atoms with Crippen LogP contribution < -0.4 is 0 Å². The van der Waals surface area contributed by atoms with E-state index in [0.29, 0.717) is 5.57 Å². The summed E-state index contributed by atoms with van der Waals surface area (Å²) in [4.78, 5) is 12.6. The lowest BCUT2D eigenvalue weighted by atomic mass is 9.72. The van der Waals surface area contributed by atoms with Crippen LogP contribution in [0, 0.1) is 10.8 Å². The predicted octanol–water partition coefficient (Wildman–Crippen LogP) is 5.04. The minimum Gasteiger partial charge on any atom is -0.511 e. The first-order chi connectivity index (χ1) is 8.22. The second kappa shape index (κ2) is 6.40. The molecule has 18 heavy (non-hydrogen) atoms. The van der Waals surface area contributed by atoms with Crippen LogP contribution in [-0.2, 0) is 4.79 Å². The van der Waals surface area contributed by atoms with E-state index >= 15 is 0 Å². The number of aliphatic hydroxyl groups excluding tert-OH is 1. The van der Waals surface area contributed by atoms with Crippen molar-refractivity contribution in [1.29, 1.82) is 0 Å². The number of hydrogen-bond donors (Lipinski definition) is 1. The van der Waals surface area contributed by atoms with Crippen LogP contribution in [-0.4, -0.2) is 10.9 Å². The molecule has 0 unspecified atom stereocenters. The lowest BCUT2D eigenvalue weighted by Crippen LogP contribution is -2.32. The number of carbonyl (C=O) groups is 1. The Labute approximate surface area is 112 Å². The lowest BCUT2D eigenvalue weighted by molar-refractivity contribution is -0.125. The Morgan fingerprint density at radius 2 is 1.33 bits per heavy atom. The average molecular weight is 254 g/mol. The molecule has 0 saturated carbocycles. The van der Waals surface area contributed by atoms with Crippen LogP contribution in [0.4, 0.5) is 0 Å². The fourth-order valence-electron chi connectivity index (χ4n) is 2.41. The fourth-order valence-corrected chi connectivity index (χ4v) is 2.41. The summed E-state index contributed by atoms with van der Waals surface area (Å²) in [6.45, 7) is 13.9. The molecule has 0 aromatic carbocycles. The van der Waals surface area contributed by atoms with Crippen molar-refractivity contribution in [1.82, 2.24) is 0 Å². The number of Topliss-reactive ketones (excluding diaryl/α,β-unsaturated/α-hetero) is 1. The molecule has 0 amide bonds. The summed E-state index contributed by atoms with van der Waals surface area (Å²) in [5.74, 6) is 0.378. The largest absolute Gasteiger partial charge is 0.511 e. The van der Waals surface area contributed by atoms with Gasteiger partial charge in [0, 0.05) is 16.4 Å². The Morgan fingerprint density at radius 3 is 1.61 bits per heavy atom. The maximum atomic E-state index is 12.6. The fraction of sp³-hybridized carbons (Fsp3) is 0.812. The highest BCUT2D eigenvalue weighted by molar-refractivity contribution is 5.99.